The highest BCUT2D eigenvalue weighted by atomic mass is 19.3. The Hall–Kier alpha value is -0.180. The maximum atomic E-state index is 13.0. The Morgan fingerprint density at radius 1 is 1.50 bits per heavy atom. The third kappa shape index (κ3) is 1.94. The van der Waals surface area contributed by atoms with Crippen LogP contribution in [0.3, 0.4) is 0 Å². The summed E-state index contributed by atoms with van der Waals surface area (Å²) < 4.78 is 25.9. The van der Waals surface area contributed by atoms with Crippen molar-refractivity contribution in [3.05, 3.63) is 0 Å². The van der Waals surface area contributed by atoms with Crippen molar-refractivity contribution in [2.24, 2.45) is 11.3 Å². The minimum atomic E-state index is -2.87. The molecule has 1 atom stereocenters. The third-order valence-corrected chi connectivity index (χ3v) is 2.78. The van der Waals surface area contributed by atoms with E-state index >= 15 is 0 Å². The molecule has 1 aliphatic rings. The van der Waals surface area contributed by atoms with Gasteiger partial charge < -0.3 is 5.11 Å². The maximum absolute atomic E-state index is 13.0. The van der Waals surface area contributed by atoms with Crippen LogP contribution in [-0.2, 0) is 0 Å². The fourth-order valence-corrected chi connectivity index (χ4v) is 1.93. The Balaban J connectivity index is 2.58. The molecular weight excluding hydrogens is 162 g/mol. The van der Waals surface area contributed by atoms with Gasteiger partial charge in [-0.05, 0) is 24.7 Å². The van der Waals surface area contributed by atoms with Gasteiger partial charge in [0.15, 0.2) is 0 Å². The molecule has 0 saturated heterocycles. The predicted molar refractivity (Wildman–Crippen MR) is 43.2 cm³/mol. The van der Waals surface area contributed by atoms with E-state index in [1.165, 1.54) is 0 Å². The number of alkyl halides is 2. The normalized spacial score (nSPS) is 29.2. The predicted octanol–water partition coefficient (Wildman–Crippen LogP) is 2.44. The van der Waals surface area contributed by atoms with Crippen LogP contribution in [0.15, 0.2) is 0 Å². The van der Waals surface area contributed by atoms with Crippen LogP contribution in [-0.4, -0.2) is 17.6 Å². The lowest BCUT2D eigenvalue weighted by Crippen LogP contribution is -2.31. The molecular formula is C9H16F2O. The van der Waals surface area contributed by atoms with Gasteiger partial charge in [-0.1, -0.05) is 13.8 Å². The number of halogens is 2. The molecule has 0 aliphatic heterocycles. The van der Waals surface area contributed by atoms with Crippen molar-refractivity contribution in [1.82, 2.24) is 0 Å². The molecule has 0 aromatic rings. The summed E-state index contributed by atoms with van der Waals surface area (Å²) in [7, 11) is 0. The zero-order valence-corrected chi connectivity index (χ0v) is 7.61. The van der Waals surface area contributed by atoms with E-state index in [1.54, 1.807) is 0 Å². The van der Waals surface area contributed by atoms with Gasteiger partial charge in [-0.15, -0.1) is 0 Å². The first kappa shape index (κ1) is 9.90. The van der Waals surface area contributed by atoms with E-state index in [9.17, 15) is 8.78 Å². The average molecular weight is 178 g/mol. The largest absolute Gasteiger partial charge is 0.390 e. The zero-order valence-electron chi connectivity index (χ0n) is 7.61. The number of aliphatic hydroxyl groups is 1. The molecule has 12 heavy (non-hydrogen) atoms. The molecule has 1 fully saturated rings. The van der Waals surface area contributed by atoms with Crippen molar-refractivity contribution in [2.45, 2.75) is 39.0 Å². The van der Waals surface area contributed by atoms with E-state index in [4.69, 9.17) is 5.11 Å². The van der Waals surface area contributed by atoms with E-state index < -0.39 is 18.4 Å². The van der Waals surface area contributed by atoms with Crippen LogP contribution in [0, 0.1) is 11.3 Å². The first-order valence-electron chi connectivity index (χ1n) is 4.36. The molecule has 0 bridgehead atoms. The van der Waals surface area contributed by atoms with Gasteiger partial charge >= 0.3 is 0 Å². The lowest BCUT2D eigenvalue weighted by Gasteiger charge is -2.22. The fraction of sp³-hybridized carbons (Fsp3) is 1.00. The van der Waals surface area contributed by atoms with E-state index in [0.29, 0.717) is 12.8 Å². The number of hydrogen-bond donors (Lipinski definition) is 1. The molecule has 1 N–H and O–H groups in total. The average Bonchev–Trinajstić information content (AvgIpc) is 2.31. The van der Waals surface area contributed by atoms with E-state index in [1.807, 2.05) is 13.8 Å². The van der Waals surface area contributed by atoms with Crippen molar-refractivity contribution in [3.8, 4) is 0 Å². The van der Waals surface area contributed by atoms with Crippen LogP contribution in [0.5, 0.6) is 0 Å². The lowest BCUT2D eigenvalue weighted by molar-refractivity contribution is -0.0976. The van der Waals surface area contributed by atoms with Crippen molar-refractivity contribution < 1.29 is 13.9 Å². The number of rotatable bonds is 2. The minimum absolute atomic E-state index is 0.0310. The highest BCUT2D eigenvalue weighted by Crippen LogP contribution is 2.47. The number of aliphatic hydroxyl groups excluding tert-OH is 1. The van der Waals surface area contributed by atoms with Crippen LogP contribution >= 0.6 is 0 Å². The molecule has 1 nitrogen and oxygen atoms in total. The summed E-state index contributed by atoms with van der Waals surface area (Å²) in [6, 6.07) is 0. The summed E-state index contributed by atoms with van der Waals surface area (Å²) in [6.45, 7) is 2.99. The van der Waals surface area contributed by atoms with Crippen LogP contribution in [0.25, 0.3) is 0 Å². The molecule has 72 valence electrons. The van der Waals surface area contributed by atoms with Gasteiger partial charge in [0, 0.05) is 5.92 Å². The smallest absolute Gasteiger partial charge is 0.273 e. The standard InChI is InChI=1S/C9H16F2O/c1-8(2)4-3-7(5-8)9(10,11)6-12/h7,12H,3-6H2,1-2H3. The lowest BCUT2D eigenvalue weighted by atomic mass is 9.89. The van der Waals surface area contributed by atoms with Gasteiger partial charge in [-0.2, -0.15) is 0 Å². The Bertz CT molecular complexity index is 166. The molecule has 3 heteroatoms. The van der Waals surface area contributed by atoms with Gasteiger partial charge in [-0.25, -0.2) is 8.78 Å². The van der Waals surface area contributed by atoms with Crippen molar-refractivity contribution in [2.75, 3.05) is 6.61 Å². The minimum Gasteiger partial charge on any atom is -0.390 e. The Labute approximate surface area is 71.8 Å². The molecule has 0 aromatic carbocycles. The van der Waals surface area contributed by atoms with Crippen LogP contribution < -0.4 is 0 Å². The SMILES string of the molecule is CC1(C)CCC(C(F)(F)CO)C1. The summed E-state index contributed by atoms with van der Waals surface area (Å²) in [5.41, 5.74) is 0.0310. The van der Waals surface area contributed by atoms with Crippen LogP contribution in [0.1, 0.15) is 33.1 Å². The quantitative estimate of drug-likeness (QED) is 0.688. The molecule has 1 saturated carbocycles. The van der Waals surface area contributed by atoms with Gasteiger partial charge in [-0.3, -0.25) is 0 Å². The summed E-state index contributed by atoms with van der Waals surface area (Å²) >= 11 is 0. The molecule has 0 amide bonds. The summed E-state index contributed by atoms with van der Waals surface area (Å²) in [5.74, 6) is -3.48. The van der Waals surface area contributed by atoms with E-state index in [0.717, 1.165) is 6.42 Å². The van der Waals surface area contributed by atoms with Crippen LogP contribution in [0.2, 0.25) is 0 Å². The molecule has 0 radical (unpaired) electrons. The monoisotopic (exact) mass is 178 g/mol. The number of hydrogen-bond acceptors (Lipinski definition) is 1. The summed E-state index contributed by atoms with van der Waals surface area (Å²) in [4.78, 5) is 0. The molecule has 0 spiro atoms. The first-order chi connectivity index (χ1) is 5.37. The molecule has 1 aliphatic carbocycles. The molecule has 0 heterocycles. The second-order valence-electron chi connectivity index (χ2n) is 4.52. The van der Waals surface area contributed by atoms with Crippen LogP contribution in [0.4, 0.5) is 8.78 Å². The summed E-state index contributed by atoms with van der Waals surface area (Å²) in [5, 5.41) is 8.47. The van der Waals surface area contributed by atoms with E-state index in [-0.39, 0.29) is 5.41 Å². The highest BCUT2D eigenvalue weighted by molar-refractivity contribution is 4.89. The first-order valence-corrected chi connectivity index (χ1v) is 4.36. The van der Waals surface area contributed by atoms with Crippen molar-refractivity contribution in [3.63, 3.8) is 0 Å². The molecule has 1 rings (SSSR count). The topological polar surface area (TPSA) is 20.2 Å². The molecule has 1 unspecified atom stereocenters. The van der Waals surface area contributed by atoms with Crippen molar-refractivity contribution >= 4 is 0 Å². The third-order valence-electron chi connectivity index (χ3n) is 2.78. The van der Waals surface area contributed by atoms with E-state index in [2.05, 4.69) is 0 Å². The van der Waals surface area contributed by atoms with Crippen molar-refractivity contribution in [1.29, 1.82) is 0 Å². The second kappa shape index (κ2) is 2.95. The van der Waals surface area contributed by atoms with Gasteiger partial charge in [0.2, 0.25) is 0 Å². The fourth-order valence-electron chi connectivity index (χ4n) is 1.93. The van der Waals surface area contributed by atoms with Gasteiger partial charge in [0.05, 0.1) is 0 Å². The Morgan fingerprint density at radius 3 is 2.42 bits per heavy atom. The Kier molecular flexibility index (Phi) is 2.43. The van der Waals surface area contributed by atoms with Gasteiger partial charge in [0.1, 0.15) is 6.61 Å². The maximum Gasteiger partial charge on any atom is 0.273 e. The zero-order chi connectivity index (χ0) is 9.41. The highest BCUT2D eigenvalue weighted by Gasteiger charge is 2.45. The molecule has 0 aromatic heterocycles. The summed E-state index contributed by atoms with van der Waals surface area (Å²) in [6.07, 6.45) is 1.91. The Morgan fingerprint density at radius 2 is 2.08 bits per heavy atom. The van der Waals surface area contributed by atoms with Gasteiger partial charge in [0.25, 0.3) is 5.92 Å². The second-order valence-corrected chi connectivity index (χ2v) is 4.52.